The van der Waals surface area contributed by atoms with Crippen LogP contribution in [0.25, 0.3) is 21.8 Å². The molecule has 2 N–H and O–H groups in total. The van der Waals surface area contributed by atoms with E-state index < -0.39 is 0 Å². The highest BCUT2D eigenvalue weighted by Gasteiger charge is 2.14. The zero-order valence-electron chi connectivity index (χ0n) is 12.3. The van der Waals surface area contributed by atoms with Gasteiger partial charge in [-0.2, -0.15) is 0 Å². The Morgan fingerprint density at radius 2 is 1.48 bits per heavy atom. The van der Waals surface area contributed by atoms with Crippen molar-refractivity contribution in [2.75, 3.05) is 0 Å². The minimum Gasteiger partial charge on any atom is -0.508 e. The van der Waals surface area contributed by atoms with Crippen molar-refractivity contribution in [2.24, 2.45) is 0 Å². The van der Waals surface area contributed by atoms with Crippen molar-refractivity contribution in [1.29, 1.82) is 0 Å². The number of aromatic nitrogens is 2. The molecule has 0 aliphatic heterocycles. The lowest BCUT2D eigenvalue weighted by atomic mass is 9.96. The van der Waals surface area contributed by atoms with E-state index in [0.29, 0.717) is 17.5 Å². The third-order valence-corrected chi connectivity index (χ3v) is 4.09. The molecule has 112 valence electrons. The van der Waals surface area contributed by atoms with Crippen molar-refractivity contribution in [3.63, 3.8) is 0 Å². The van der Waals surface area contributed by atoms with Gasteiger partial charge in [0.15, 0.2) is 0 Å². The van der Waals surface area contributed by atoms with Crippen LogP contribution >= 0.6 is 0 Å². The van der Waals surface area contributed by atoms with Crippen LogP contribution in [0.2, 0.25) is 0 Å². The number of benzene rings is 3. The van der Waals surface area contributed by atoms with Crippen LogP contribution in [0.15, 0.2) is 60.9 Å². The molecule has 4 rings (SSSR count). The van der Waals surface area contributed by atoms with Gasteiger partial charge < -0.3 is 10.2 Å². The Morgan fingerprint density at radius 1 is 0.739 bits per heavy atom. The highest BCUT2D eigenvalue weighted by Crippen LogP contribution is 2.33. The van der Waals surface area contributed by atoms with E-state index in [9.17, 15) is 10.2 Å². The molecule has 3 aromatic carbocycles. The van der Waals surface area contributed by atoms with E-state index in [-0.39, 0.29) is 11.5 Å². The van der Waals surface area contributed by atoms with Gasteiger partial charge in [-0.1, -0.05) is 30.3 Å². The average Bonchev–Trinajstić information content (AvgIpc) is 2.59. The van der Waals surface area contributed by atoms with Gasteiger partial charge in [-0.3, -0.25) is 9.97 Å². The number of rotatable bonds is 2. The Kier molecular flexibility index (Phi) is 3.08. The topological polar surface area (TPSA) is 66.2 Å². The van der Waals surface area contributed by atoms with Crippen LogP contribution in [0, 0.1) is 0 Å². The predicted molar refractivity (Wildman–Crippen MR) is 89.6 cm³/mol. The SMILES string of the molecule is Oc1ccc2ccccc2c1Cc1c(O)ccc2nccnc12. The van der Waals surface area contributed by atoms with Crippen molar-refractivity contribution in [3.8, 4) is 11.5 Å². The molecule has 0 aliphatic rings. The highest BCUT2D eigenvalue weighted by molar-refractivity contribution is 5.89. The van der Waals surface area contributed by atoms with Crippen molar-refractivity contribution in [2.45, 2.75) is 6.42 Å². The Balaban J connectivity index is 1.95. The molecule has 0 saturated carbocycles. The van der Waals surface area contributed by atoms with E-state index in [0.717, 1.165) is 21.9 Å². The summed E-state index contributed by atoms with van der Waals surface area (Å²) in [5.41, 5.74) is 2.82. The molecule has 4 nitrogen and oxygen atoms in total. The van der Waals surface area contributed by atoms with E-state index in [4.69, 9.17) is 0 Å². The van der Waals surface area contributed by atoms with Gasteiger partial charge in [0.05, 0.1) is 11.0 Å². The minimum absolute atomic E-state index is 0.158. The fourth-order valence-electron chi connectivity index (χ4n) is 2.94. The first-order valence-electron chi connectivity index (χ1n) is 7.35. The number of fused-ring (bicyclic) bond motifs is 2. The fourth-order valence-corrected chi connectivity index (χ4v) is 2.94. The van der Waals surface area contributed by atoms with E-state index in [2.05, 4.69) is 9.97 Å². The van der Waals surface area contributed by atoms with Crippen LogP contribution in [0.5, 0.6) is 11.5 Å². The molecule has 0 aliphatic carbocycles. The molecular formula is C19H14N2O2. The second-order valence-electron chi connectivity index (χ2n) is 5.45. The third kappa shape index (κ3) is 2.25. The summed E-state index contributed by atoms with van der Waals surface area (Å²) in [6, 6.07) is 14.8. The lowest BCUT2D eigenvalue weighted by Gasteiger charge is -2.12. The first-order valence-corrected chi connectivity index (χ1v) is 7.35. The van der Waals surface area contributed by atoms with Gasteiger partial charge in [-0.15, -0.1) is 0 Å². The van der Waals surface area contributed by atoms with Crippen molar-refractivity contribution in [3.05, 3.63) is 72.1 Å². The minimum atomic E-state index is 0.158. The Hall–Kier alpha value is -3.14. The van der Waals surface area contributed by atoms with Gasteiger partial charge in [-0.25, -0.2) is 0 Å². The lowest BCUT2D eigenvalue weighted by molar-refractivity contribution is 0.464. The molecule has 0 amide bonds. The van der Waals surface area contributed by atoms with Gasteiger partial charge >= 0.3 is 0 Å². The number of phenolic OH excluding ortho intramolecular Hbond substituents is 2. The molecule has 4 aromatic rings. The molecule has 0 saturated heterocycles. The molecular weight excluding hydrogens is 288 g/mol. The van der Waals surface area contributed by atoms with Crippen LogP contribution in [0.4, 0.5) is 0 Å². The summed E-state index contributed by atoms with van der Waals surface area (Å²) in [6.45, 7) is 0. The molecule has 0 unspecified atom stereocenters. The zero-order valence-corrected chi connectivity index (χ0v) is 12.3. The summed E-state index contributed by atoms with van der Waals surface area (Å²) in [4.78, 5) is 8.62. The van der Waals surface area contributed by atoms with Crippen LogP contribution < -0.4 is 0 Å². The Labute approximate surface area is 132 Å². The summed E-state index contributed by atoms with van der Waals surface area (Å²) < 4.78 is 0. The smallest absolute Gasteiger partial charge is 0.121 e. The molecule has 0 fully saturated rings. The molecule has 0 radical (unpaired) electrons. The summed E-state index contributed by atoms with van der Waals surface area (Å²) in [6.07, 6.45) is 3.61. The molecule has 1 aromatic heterocycles. The Morgan fingerprint density at radius 3 is 2.39 bits per heavy atom. The molecule has 0 bridgehead atoms. The quantitative estimate of drug-likeness (QED) is 0.591. The molecule has 23 heavy (non-hydrogen) atoms. The first-order chi connectivity index (χ1) is 11.2. The van der Waals surface area contributed by atoms with Gasteiger partial charge in [0.25, 0.3) is 0 Å². The monoisotopic (exact) mass is 302 g/mol. The van der Waals surface area contributed by atoms with E-state index in [1.165, 1.54) is 0 Å². The van der Waals surface area contributed by atoms with Crippen molar-refractivity contribution in [1.82, 2.24) is 9.97 Å². The number of aromatic hydroxyl groups is 2. The van der Waals surface area contributed by atoms with E-state index in [1.807, 2.05) is 30.3 Å². The summed E-state index contributed by atoms with van der Waals surface area (Å²) >= 11 is 0. The molecule has 0 atom stereocenters. The second kappa shape index (κ2) is 5.25. The normalized spacial score (nSPS) is 11.1. The largest absolute Gasteiger partial charge is 0.508 e. The van der Waals surface area contributed by atoms with Gasteiger partial charge in [0.1, 0.15) is 11.5 Å². The first kappa shape index (κ1) is 13.5. The van der Waals surface area contributed by atoms with Gasteiger partial charge in [-0.05, 0) is 29.0 Å². The fraction of sp³-hybridized carbons (Fsp3) is 0.0526. The van der Waals surface area contributed by atoms with Gasteiger partial charge in [0.2, 0.25) is 0 Å². The standard InChI is InChI=1S/C19H14N2O2/c22-17-7-5-12-3-1-2-4-13(12)14(17)11-15-18(23)8-6-16-19(15)21-10-9-20-16/h1-10,22-23H,11H2. The maximum absolute atomic E-state index is 10.3. The van der Waals surface area contributed by atoms with Crippen LogP contribution in [0.1, 0.15) is 11.1 Å². The lowest BCUT2D eigenvalue weighted by Crippen LogP contribution is -1.95. The average molecular weight is 302 g/mol. The zero-order chi connectivity index (χ0) is 15.8. The number of hydrogen-bond donors (Lipinski definition) is 2. The third-order valence-electron chi connectivity index (χ3n) is 4.09. The van der Waals surface area contributed by atoms with Crippen molar-refractivity contribution >= 4 is 21.8 Å². The van der Waals surface area contributed by atoms with Crippen LogP contribution in [-0.2, 0) is 6.42 Å². The maximum atomic E-state index is 10.3. The maximum Gasteiger partial charge on any atom is 0.121 e. The number of hydrogen-bond acceptors (Lipinski definition) is 4. The predicted octanol–water partition coefficient (Wildman–Crippen LogP) is 3.79. The summed E-state index contributed by atoms with van der Waals surface area (Å²) in [5.74, 6) is 0.370. The Bertz CT molecular complexity index is 945. The molecule has 1 heterocycles. The van der Waals surface area contributed by atoms with E-state index in [1.54, 1.807) is 30.6 Å². The van der Waals surface area contributed by atoms with Crippen molar-refractivity contribution < 1.29 is 10.2 Å². The summed E-state index contributed by atoms with van der Waals surface area (Å²) in [7, 11) is 0. The molecule has 0 spiro atoms. The summed E-state index contributed by atoms with van der Waals surface area (Å²) in [5, 5.41) is 22.6. The number of nitrogens with zero attached hydrogens (tertiary/aromatic N) is 2. The van der Waals surface area contributed by atoms with Crippen LogP contribution in [0.3, 0.4) is 0 Å². The number of phenols is 2. The van der Waals surface area contributed by atoms with Crippen LogP contribution in [-0.4, -0.2) is 20.2 Å². The molecule has 4 heteroatoms. The second-order valence-corrected chi connectivity index (χ2v) is 5.45. The van der Waals surface area contributed by atoms with Gasteiger partial charge in [0, 0.05) is 29.9 Å². The highest BCUT2D eigenvalue weighted by atomic mass is 16.3. The van der Waals surface area contributed by atoms with E-state index >= 15 is 0 Å².